The molecule has 0 aliphatic heterocycles. The molecule has 2 aromatic carbocycles. The fourth-order valence-corrected chi connectivity index (χ4v) is 3.32. The first kappa shape index (κ1) is 20.0. The molecule has 0 saturated heterocycles. The predicted octanol–water partition coefficient (Wildman–Crippen LogP) is 4.81. The molecule has 0 aliphatic rings. The Balaban J connectivity index is 1.64. The summed E-state index contributed by atoms with van der Waals surface area (Å²) in [4.78, 5) is 16.6. The summed E-state index contributed by atoms with van der Waals surface area (Å²) in [5, 5.41) is 5.72. The number of amides is 1. The fraction of sp³-hybridized carbons (Fsp3) is 0.200. The third-order valence-corrected chi connectivity index (χ3v) is 5.12. The molecule has 0 bridgehead atoms. The maximum absolute atomic E-state index is 12.2. The van der Waals surface area contributed by atoms with Crippen LogP contribution in [0.2, 0.25) is 5.02 Å². The molecule has 0 unspecified atom stereocenters. The first-order valence-corrected chi connectivity index (χ1v) is 9.62. The van der Waals surface area contributed by atoms with Crippen LogP contribution in [0.25, 0.3) is 11.3 Å². The van der Waals surface area contributed by atoms with Gasteiger partial charge in [-0.25, -0.2) is 4.98 Å². The Morgan fingerprint density at radius 1 is 1.14 bits per heavy atom. The number of rotatable bonds is 7. The number of ether oxygens (including phenoxy) is 3. The van der Waals surface area contributed by atoms with E-state index in [-0.39, 0.29) is 12.5 Å². The maximum Gasteiger partial charge on any atom is 0.264 e. The number of halogens is 1. The Hall–Kier alpha value is -2.77. The summed E-state index contributed by atoms with van der Waals surface area (Å²) >= 11 is 7.31. The molecule has 1 heterocycles. The van der Waals surface area contributed by atoms with Gasteiger partial charge in [-0.1, -0.05) is 11.6 Å². The van der Waals surface area contributed by atoms with Crippen molar-refractivity contribution in [2.45, 2.75) is 6.92 Å². The molecule has 146 valence electrons. The van der Waals surface area contributed by atoms with Gasteiger partial charge in [0.2, 0.25) is 0 Å². The fourth-order valence-electron chi connectivity index (χ4n) is 2.48. The molecule has 6 nitrogen and oxygen atoms in total. The molecule has 0 spiro atoms. The molecule has 0 fully saturated rings. The second kappa shape index (κ2) is 8.95. The number of benzene rings is 2. The zero-order valence-corrected chi connectivity index (χ0v) is 17.2. The standard InChI is InChI=1S/C20H19ClN2O4S/c1-12-8-14(5-7-16(12)21)27-10-19(24)23-20-22-17(11-28-20)15-6-4-13(25-2)9-18(15)26-3/h4-9,11H,10H2,1-3H3,(H,22,23,24). The lowest BCUT2D eigenvalue weighted by Gasteiger charge is -2.08. The summed E-state index contributed by atoms with van der Waals surface area (Å²) in [6, 6.07) is 10.7. The summed E-state index contributed by atoms with van der Waals surface area (Å²) in [5.41, 5.74) is 2.40. The number of aryl methyl sites for hydroxylation is 1. The highest BCUT2D eigenvalue weighted by Gasteiger charge is 2.13. The molecule has 1 amide bonds. The number of thiazole rings is 1. The van der Waals surface area contributed by atoms with Gasteiger partial charge in [-0.2, -0.15) is 0 Å². The third-order valence-electron chi connectivity index (χ3n) is 3.93. The lowest BCUT2D eigenvalue weighted by molar-refractivity contribution is -0.118. The van der Waals surface area contributed by atoms with Gasteiger partial charge in [0, 0.05) is 22.0 Å². The zero-order valence-electron chi connectivity index (χ0n) is 15.6. The van der Waals surface area contributed by atoms with E-state index in [0.29, 0.717) is 33.1 Å². The minimum absolute atomic E-state index is 0.123. The van der Waals surface area contributed by atoms with E-state index in [1.807, 2.05) is 24.4 Å². The molecule has 8 heteroatoms. The van der Waals surface area contributed by atoms with Gasteiger partial charge >= 0.3 is 0 Å². The highest BCUT2D eigenvalue weighted by atomic mass is 35.5. The van der Waals surface area contributed by atoms with Crippen LogP contribution in [-0.4, -0.2) is 31.7 Å². The van der Waals surface area contributed by atoms with E-state index in [0.717, 1.165) is 11.1 Å². The molecule has 28 heavy (non-hydrogen) atoms. The molecule has 0 saturated carbocycles. The van der Waals surface area contributed by atoms with Crippen molar-refractivity contribution in [1.82, 2.24) is 4.98 Å². The van der Waals surface area contributed by atoms with Crippen molar-refractivity contribution in [3.05, 3.63) is 52.4 Å². The number of carbonyl (C=O) groups is 1. The number of nitrogens with one attached hydrogen (secondary N) is 1. The topological polar surface area (TPSA) is 69.7 Å². The van der Waals surface area contributed by atoms with Crippen molar-refractivity contribution in [2.24, 2.45) is 0 Å². The first-order valence-electron chi connectivity index (χ1n) is 8.37. The van der Waals surface area contributed by atoms with Gasteiger partial charge < -0.3 is 14.2 Å². The number of anilines is 1. The van der Waals surface area contributed by atoms with Crippen molar-refractivity contribution in [1.29, 1.82) is 0 Å². The smallest absolute Gasteiger partial charge is 0.264 e. The summed E-state index contributed by atoms with van der Waals surface area (Å²) in [7, 11) is 3.18. The Kier molecular flexibility index (Phi) is 6.38. The lowest BCUT2D eigenvalue weighted by Crippen LogP contribution is -2.20. The van der Waals surface area contributed by atoms with E-state index in [1.165, 1.54) is 11.3 Å². The van der Waals surface area contributed by atoms with Gasteiger partial charge in [-0.05, 0) is 42.8 Å². The van der Waals surface area contributed by atoms with E-state index in [1.54, 1.807) is 38.5 Å². The number of nitrogens with zero attached hydrogens (tertiary/aromatic N) is 1. The van der Waals surface area contributed by atoms with E-state index in [2.05, 4.69) is 10.3 Å². The van der Waals surface area contributed by atoms with Crippen LogP contribution in [-0.2, 0) is 4.79 Å². The Morgan fingerprint density at radius 2 is 1.93 bits per heavy atom. The molecule has 0 atom stereocenters. The molecule has 0 aliphatic carbocycles. The van der Waals surface area contributed by atoms with Crippen LogP contribution in [0.15, 0.2) is 41.8 Å². The highest BCUT2D eigenvalue weighted by Crippen LogP contribution is 2.34. The van der Waals surface area contributed by atoms with E-state index in [9.17, 15) is 4.79 Å². The van der Waals surface area contributed by atoms with Crippen LogP contribution in [0.3, 0.4) is 0 Å². The molecule has 1 N–H and O–H groups in total. The van der Waals surface area contributed by atoms with Gasteiger partial charge in [0.1, 0.15) is 17.2 Å². The van der Waals surface area contributed by atoms with Crippen LogP contribution < -0.4 is 19.5 Å². The van der Waals surface area contributed by atoms with Gasteiger partial charge in [-0.3, -0.25) is 10.1 Å². The van der Waals surface area contributed by atoms with Crippen LogP contribution in [0, 0.1) is 6.92 Å². The number of methoxy groups -OCH3 is 2. The summed E-state index contributed by atoms with van der Waals surface area (Å²) in [6.45, 7) is 1.75. The van der Waals surface area contributed by atoms with Crippen molar-refractivity contribution >= 4 is 34.0 Å². The van der Waals surface area contributed by atoms with E-state index >= 15 is 0 Å². The van der Waals surface area contributed by atoms with Crippen LogP contribution in [0.1, 0.15) is 5.56 Å². The highest BCUT2D eigenvalue weighted by molar-refractivity contribution is 7.14. The Labute approximate surface area is 172 Å². The number of carbonyl (C=O) groups excluding carboxylic acids is 1. The molecular formula is C20H19ClN2O4S. The third kappa shape index (κ3) is 4.74. The average Bonchev–Trinajstić information content (AvgIpc) is 3.16. The minimum Gasteiger partial charge on any atom is -0.497 e. The summed E-state index contributed by atoms with van der Waals surface area (Å²) in [5.74, 6) is 1.62. The van der Waals surface area contributed by atoms with Gasteiger partial charge in [-0.15, -0.1) is 11.3 Å². The quantitative estimate of drug-likeness (QED) is 0.596. The van der Waals surface area contributed by atoms with E-state index < -0.39 is 0 Å². The van der Waals surface area contributed by atoms with Crippen LogP contribution >= 0.6 is 22.9 Å². The second-order valence-corrected chi connectivity index (χ2v) is 7.12. The minimum atomic E-state index is -0.296. The largest absolute Gasteiger partial charge is 0.497 e. The molecular weight excluding hydrogens is 400 g/mol. The van der Waals surface area contributed by atoms with Crippen molar-refractivity contribution in [3.63, 3.8) is 0 Å². The van der Waals surface area contributed by atoms with E-state index in [4.69, 9.17) is 25.8 Å². The van der Waals surface area contributed by atoms with Crippen LogP contribution in [0.4, 0.5) is 5.13 Å². The molecule has 3 rings (SSSR count). The van der Waals surface area contributed by atoms with Gasteiger partial charge in [0.05, 0.1) is 19.9 Å². The number of aromatic nitrogens is 1. The molecule has 1 aromatic heterocycles. The second-order valence-electron chi connectivity index (χ2n) is 5.85. The van der Waals surface area contributed by atoms with Gasteiger partial charge in [0.15, 0.2) is 11.7 Å². The summed E-state index contributed by atoms with van der Waals surface area (Å²) < 4.78 is 16.1. The van der Waals surface area contributed by atoms with Crippen molar-refractivity contribution < 1.29 is 19.0 Å². The van der Waals surface area contributed by atoms with Crippen molar-refractivity contribution in [2.75, 3.05) is 26.1 Å². The Bertz CT molecular complexity index is 990. The monoisotopic (exact) mass is 418 g/mol. The summed E-state index contributed by atoms with van der Waals surface area (Å²) in [6.07, 6.45) is 0. The van der Waals surface area contributed by atoms with Crippen LogP contribution in [0.5, 0.6) is 17.2 Å². The number of hydrogen-bond acceptors (Lipinski definition) is 6. The normalized spacial score (nSPS) is 10.4. The molecule has 3 aromatic rings. The number of hydrogen-bond donors (Lipinski definition) is 1. The SMILES string of the molecule is COc1ccc(-c2csc(NC(=O)COc3ccc(Cl)c(C)c3)n2)c(OC)c1. The predicted molar refractivity (Wildman–Crippen MR) is 111 cm³/mol. The average molecular weight is 419 g/mol. The first-order chi connectivity index (χ1) is 13.5. The van der Waals surface area contributed by atoms with Crippen molar-refractivity contribution in [3.8, 4) is 28.5 Å². The Morgan fingerprint density at radius 3 is 2.64 bits per heavy atom. The van der Waals surface area contributed by atoms with Gasteiger partial charge in [0.25, 0.3) is 5.91 Å². The maximum atomic E-state index is 12.2. The molecule has 0 radical (unpaired) electrons. The lowest BCUT2D eigenvalue weighted by atomic mass is 10.1. The zero-order chi connectivity index (χ0) is 20.1.